The fourth-order valence-electron chi connectivity index (χ4n) is 1.65. The summed E-state index contributed by atoms with van der Waals surface area (Å²) in [6.45, 7) is 5.91. The molecule has 0 saturated heterocycles. The molecule has 1 aliphatic carbocycles. The highest BCUT2D eigenvalue weighted by Crippen LogP contribution is 2.33. The summed E-state index contributed by atoms with van der Waals surface area (Å²) >= 11 is 0. The number of aliphatic hydroxyl groups excluding tert-OH is 1. The van der Waals surface area contributed by atoms with Crippen LogP contribution in [0.3, 0.4) is 0 Å². The van der Waals surface area contributed by atoms with Crippen LogP contribution in [-0.2, 0) is 4.79 Å². The molecule has 0 aromatic carbocycles. The average Bonchev–Trinajstić information content (AvgIpc) is 1.94. The summed E-state index contributed by atoms with van der Waals surface area (Å²) in [6, 6.07) is 0.300. The highest BCUT2D eigenvalue weighted by Gasteiger charge is 2.32. The first kappa shape index (κ1) is 10.5. The molecule has 0 aromatic rings. The molecule has 1 unspecified atom stereocenters. The molecular formula is C10H19NO2. The first-order valence-electron chi connectivity index (χ1n) is 4.99. The van der Waals surface area contributed by atoms with Crippen LogP contribution >= 0.6 is 0 Å². The Hall–Kier alpha value is -0.570. The van der Waals surface area contributed by atoms with E-state index in [4.69, 9.17) is 5.11 Å². The number of carbonyl (C=O) groups is 1. The molecule has 0 aromatic heterocycles. The average molecular weight is 185 g/mol. The van der Waals surface area contributed by atoms with Crippen LogP contribution in [0.5, 0.6) is 0 Å². The lowest BCUT2D eigenvalue weighted by Crippen LogP contribution is -2.48. The molecule has 76 valence electrons. The van der Waals surface area contributed by atoms with E-state index in [1.807, 2.05) is 0 Å². The van der Waals surface area contributed by atoms with E-state index in [0.29, 0.717) is 12.0 Å². The van der Waals surface area contributed by atoms with E-state index in [9.17, 15) is 4.79 Å². The molecule has 3 nitrogen and oxygen atoms in total. The van der Waals surface area contributed by atoms with E-state index < -0.39 is 6.10 Å². The van der Waals surface area contributed by atoms with Gasteiger partial charge in [0.1, 0.15) is 6.10 Å². The zero-order valence-corrected chi connectivity index (χ0v) is 8.58. The maximum atomic E-state index is 11.1. The lowest BCUT2D eigenvalue weighted by Gasteiger charge is -2.38. The molecule has 0 spiro atoms. The minimum atomic E-state index is -0.877. The van der Waals surface area contributed by atoms with E-state index in [1.54, 1.807) is 0 Å². The number of rotatable bonds is 3. The largest absolute Gasteiger partial charge is 0.384 e. The van der Waals surface area contributed by atoms with Gasteiger partial charge in [-0.05, 0) is 31.6 Å². The summed E-state index contributed by atoms with van der Waals surface area (Å²) in [5.74, 6) is 1.21. The van der Waals surface area contributed by atoms with Gasteiger partial charge in [0.15, 0.2) is 0 Å². The first-order valence-corrected chi connectivity index (χ1v) is 4.99. The van der Waals surface area contributed by atoms with E-state index >= 15 is 0 Å². The van der Waals surface area contributed by atoms with Crippen LogP contribution in [0.4, 0.5) is 0 Å². The van der Waals surface area contributed by atoms with Crippen molar-refractivity contribution in [1.82, 2.24) is 5.32 Å². The van der Waals surface area contributed by atoms with Gasteiger partial charge in [0.2, 0.25) is 5.91 Å². The molecule has 1 fully saturated rings. The van der Waals surface area contributed by atoms with Gasteiger partial charge >= 0.3 is 0 Å². The van der Waals surface area contributed by atoms with Crippen LogP contribution in [-0.4, -0.2) is 23.2 Å². The number of carbonyl (C=O) groups excluding carboxylic acids is 1. The molecule has 1 rings (SSSR count). The highest BCUT2D eigenvalue weighted by atomic mass is 16.3. The second kappa shape index (κ2) is 4.09. The summed E-state index contributed by atoms with van der Waals surface area (Å²) < 4.78 is 0. The van der Waals surface area contributed by atoms with E-state index in [0.717, 1.165) is 18.8 Å². The van der Waals surface area contributed by atoms with E-state index in [1.165, 1.54) is 6.92 Å². The van der Waals surface area contributed by atoms with Crippen molar-refractivity contribution in [1.29, 1.82) is 0 Å². The fourth-order valence-corrected chi connectivity index (χ4v) is 1.65. The van der Waals surface area contributed by atoms with Crippen molar-refractivity contribution < 1.29 is 9.90 Å². The second-order valence-corrected chi connectivity index (χ2v) is 4.36. The third kappa shape index (κ3) is 2.69. The van der Waals surface area contributed by atoms with Gasteiger partial charge in [0, 0.05) is 6.04 Å². The Morgan fingerprint density at radius 3 is 2.31 bits per heavy atom. The van der Waals surface area contributed by atoms with Gasteiger partial charge in [-0.25, -0.2) is 0 Å². The van der Waals surface area contributed by atoms with Crippen LogP contribution in [0.2, 0.25) is 0 Å². The minimum absolute atomic E-state index is 0.243. The van der Waals surface area contributed by atoms with Crippen molar-refractivity contribution >= 4 is 5.91 Å². The summed E-state index contributed by atoms with van der Waals surface area (Å²) in [7, 11) is 0. The highest BCUT2D eigenvalue weighted by molar-refractivity contribution is 5.80. The molecule has 1 amide bonds. The maximum Gasteiger partial charge on any atom is 0.248 e. The quantitative estimate of drug-likeness (QED) is 0.687. The number of aliphatic hydroxyl groups is 1. The number of hydrogen-bond acceptors (Lipinski definition) is 2. The monoisotopic (exact) mass is 185 g/mol. The van der Waals surface area contributed by atoms with Gasteiger partial charge in [-0.2, -0.15) is 0 Å². The second-order valence-electron chi connectivity index (χ2n) is 4.36. The lowest BCUT2D eigenvalue weighted by molar-refractivity contribution is -0.130. The zero-order chi connectivity index (χ0) is 10.0. The van der Waals surface area contributed by atoms with Crippen LogP contribution in [0.1, 0.15) is 33.6 Å². The van der Waals surface area contributed by atoms with Crippen molar-refractivity contribution in [3.05, 3.63) is 0 Å². The van der Waals surface area contributed by atoms with Gasteiger partial charge in [0.05, 0.1) is 0 Å². The van der Waals surface area contributed by atoms with Crippen LogP contribution in [0, 0.1) is 11.8 Å². The van der Waals surface area contributed by atoms with E-state index in [-0.39, 0.29) is 5.91 Å². The topological polar surface area (TPSA) is 49.3 Å². The predicted octanol–water partition coefficient (Wildman–Crippen LogP) is 0.918. The third-order valence-corrected chi connectivity index (χ3v) is 2.84. The van der Waals surface area contributed by atoms with Crippen molar-refractivity contribution in [2.45, 2.75) is 45.8 Å². The SMILES string of the molecule is CC(O)C(=O)NC1CC(C(C)C)C1. The van der Waals surface area contributed by atoms with Gasteiger partial charge in [-0.1, -0.05) is 13.8 Å². The Balaban J connectivity index is 2.18. The van der Waals surface area contributed by atoms with Crippen molar-refractivity contribution in [2.75, 3.05) is 0 Å². The maximum absolute atomic E-state index is 11.1. The zero-order valence-electron chi connectivity index (χ0n) is 8.58. The van der Waals surface area contributed by atoms with Crippen molar-refractivity contribution in [3.63, 3.8) is 0 Å². The molecule has 1 saturated carbocycles. The molecule has 0 aliphatic heterocycles. The molecular weight excluding hydrogens is 166 g/mol. The first-order chi connectivity index (χ1) is 6.00. The molecule has 1 atom stereocenters. The van der Waals surface area contributed by atoms with Gasteiger partial charge in [0.25, 0.3) is 0 Å². The molecule has 1 aliphatic rings. The van der Waals surface area contributed by atoms with Crippen molar-refractivity contribution in [2.24, 2.45) is 11.8 Å². The predicted molar refractivity (Wildman–Crippen MR) is 51.2 cm³/mol. The molecule has 13 heavy (non-hydrogen) atoms. The lowest BCUT2D eigenvalue weighted by atomic mass is 9.73. The van der Waals surface area contributed by atoms with Gasteiger partial charge in [-0.3, -0.25) is 4.79 Å². The molecule has 0 heterocycles. The molecule has 3 heteroatoms. The van der Waals surface area contributed by atoms with Crippen LogP contribution in [0.25, 0.3) is 0 Å². The van der Waals surface area contributed by atoms with Crippen LogP contribution in [0.15, 0.2) is 0 Å². The number of nitrogens with one attached hydrogen (secondary N) is 1. The fraction of sp³-hybridized carbons (Fsp3) is 0.900. The Labute approximate surface area is 79.5 Å². The Bertz CT molecular complexity index is 183. The van der Waals surface area contributed by atoms with Gasteiger partial charge in [-0.15, -0.1) is 0 Å². The molecule has 0 radical (unpaired) electrons. The van der Waals surface area contributed by atoms with Gasteiger partial charge < -0.3 is 10.4 Å². The van der Waals surface area contributed by atoms with E-state index in [2.05, 4.69) is 19.2 Å². The minimum Gasteiger partial charge on any atom is -0.384 e. The third-order valence-electron chi connectivity index (χ3n) is 2.84. The molecule has 2 N–H and O–H groups in total. The summed E-state index contributed by atoms with van der Waals surface area (Å²) in [6.07, 6.45) is 1.25. The normalized spacial score (nSPS) is 29.6. The number of amides is 1. The standard InChI is InChI=1S/C10H19NO2/c1-6(2)8-4-9(5-8)11-10(13)7(3)12/h6-9,12H,4-5H2,1-3H3,(H,11,13). The molecule has 0 bridgehead atoms. The number of hydrogen-bond donors (Lipinski definition) is 2. The summed E-state index contributed by atoms with van der Waals surface area (Å²) in [4.78, 5) is 11.1. The summed E-state index contributed by atoms with van der Waals surface area (Å²) in [5.41, 5.74) is 0. The smallest absolute Gasteiger partial charge is 0.248 e. The Morgan fingerprint density at radius 2 is 1.92 bits per heavy atom. The Kier molecular flexibility index (Phi) is 3.31. The van der Waals surface area contributed by atoms with Crippen LogP contribution < -0.4 is 5.32 Å². The Morgan fingerprint density at radius 1 is 1.38 bits per heavy atom. The summed E-state index contributed by atoms with van der Waals surface area (Å²) in [5, 5.41) is 11.8. The van der Waals surface area contributed by atoms with Crippen molar-refractivity contribution in [3.8, 4) is 0 Å².